The number of hydrogen-bond donors (Lipinski definition) is 2. The average Bonchev–Trinajstić information content (AvgIpc) is 3.42. The summed E-state index contributed by atoms with van der Waals surface area (Å²) >= 11 is 0. The fourth-order valence-electron chi connectivity index (χ4n) is 3.98. The highest BCUT2D eigenvalue weighted by molar-refractivity contribution is 6.21. The normalized spacial score (nSPS) is 14.5. The molecule has 2 heterocycles. The number of carbonyl (C=O) groups excluding carboxylic acids is 3. The Kier molecular flexibility index (Phi) is 7.06. The van der Waals surface area contributed by atoms with Crippen LogP contribution in [0.2, 0.25) is 0 Å². The summed E-state index contributed by atoms with van der Waals surface area (Å²) in [6, 6.07) is 20.7. The molecule has 1 fully saturated rings. The number of methoxy groups -OCH3 is 1. The molecule has 5 rings (SSSR count). The summed E-state index contributed by atoms with van der Waals surface area (Å²) in [6.45, 7) is 0.0543. The molecule has 1 saturated heterocycles. The second kappa shape index (κ2) is 10.8. The summed E-state index contributed by atoms with van der Waals surface area (Å²) in [6.07, 6.45) is 1.70. The number of carbonyl (C=O) groups is 3. The molecule has 0 saturated carbocycles. The van der Waals surface area contributed by atoms with Gasteiger partial charge in [0.25, 0.3) is 17.4 Å². The van der Waals surface area contributed by atoms with Crippen LogP contribution >= 0.6 is 0 Å². The molecule has 0 atom stereocenters. The van der Waals surface area contributed by atoms with E-state index in [0.717, 1.165) is 16.9 Å². The standard InChI is InChI=1S/C28H23FN4O6/c1-37-17-15-28(25(34)30-27(36)31-26(28)35)39-23-12-10-22(11-13-23)38-21-8-2-18(3-9-21)24-14-16-33(32-24)20-6-4-19(29)5-7-20/h2-14,16H,15,17H2,1H3,(H2,30,31,34,35,36). The molecule has 1 aliphatic heterocycles. The van der Waals surface area contributed by atoms with Crippen LogP contribution in [0.1, 0.15) is 6.42 Å². The number of nitrogens with zero attached hydrogens (tertiary/aromatic N) is 2. The third-order valence-electron chi connectivity index (χ3n) is 6.03. The lowest BCUT2D eigenvalue weighted by Gasteiger charge is -2.34. The summed E-state index contributed by atoms with van der Waals surface area (Å²) in [4.78, 5) is 36.6. The zero-order valence-electron chi connectivity index (χ0n) is 20.7. The highest BCUT2D eigenvalue weighted by Crippen LogP contribution is 2.29. The molecular formula is C28H23FN4O6. The molecule has 0 spiro atoms. The topological polar surface area (TPSA) is 121 Å². The first-order valence-corrected chi connectivity index (χ1v) is 11.9. The molecule has 0 aliphatic carbocycles. The second-order valence-corrected chi connectivity index (χ2v) is 8.63. The first-order chi connectivity index (χ1) is 18.9. The van der Waals surface area contributed by atoms with Crippen molar-refractivity contribution in [2.75, 3.05) is 13.7 Å². The Morgan fingerprint density at radius 2 is 1.41 bits per heavy atom. The molecule has 198 valence electrons. The zero-order valence-corrected chi connectivity index (χ0v) is 20.7. The minimum absolute atomic E-state index is 0.0543. The molecule has 4 amide bonds. The van der Waals surface area contributed by atoms with Gasteiger partial charge < -0.3 is 14.2 Å². The van der Waals surface area contributed by atoms with Crippen LogP contribution in [0, 0.1) is 5.82 Å². The molecule has 4 aromatic rings. The van der Waals surface area contributed by atoms with Crippen LogP contribution in [0.5, 0.6) is 17.2 Å². The van der Waals surface area contributed by atoms with E-state index < -0.39 is 23.4 Å². The van der Waals surface area contributed by atoms with Crippen molar-refractivity contribution in [3.63, 3.8) is 0 Å². The molecule has 3 aromatic carbocycles. The van der Waals surface area contributed by atoms with Gasteiger partial charge in [-0.05, 0) is 78.9 Å². The average molecular weight is 531 g/mol. The molecule has 0 bridgehead atoms. The Morgan fingerprint density at radius 1 is 0.821 bits per heavy atom. The lowest BCUT2D eigenvalue weighted by molar-refractivity contribution is -0.153. The minimum Gasteiger partial charge on any atom is -0.467 e. The molecular weight excluding hydrogens is 507 g/mol. The monoisotopic (exact) mass is 530 g/mol. The number of halogens is 1. The lowest BCUT2D eigenvalue weighted by Crippen LogP contribution is -2.69. The predicted octanol–water partition coefficient (Wildman–Crippen LogP) is 3.99. The Bertz CT molecular complexity index is 1480. The van der Waals surface area contributed by atoms with Crippen LogP contribution in [-0.2, 0) is 14.3 Å². The van der Waals surface area contributed by atoms with Crippen LogP contribution in [0.3, 0.4) is 0 Å². The number of ether oxygens (including phenoxy) is 3. The van der Waals surface area contributed by atoms with Gasteiger partial charge in [0, 0.05) is 25.3 Å². The second-order valence-electron chi connectivity index (χ2n) is 8.63. The van der Waals surface area contributed by atoms with E-state index in [1.807, 2.05) is 18.2 Å². The molecule has 0 unspecified atom stereocenters. The number of rotatable bonds is 9. The van der Waals surface area contributed by atoms with Crippen molar-refractivity contribution in [2.45, 2.75) is 12.0 Å². The van der Waals surface area contributed by atoms with Crippen molar-refractivity contribution in [1.82, 2.24) is 20.4 Å². The number of hydrogen-bond acceptors (Lipinski definition) is 7. The largest absolute Gasteiger partial charge is 0.467 e. The number of amides is 4. The van der Waals surface area contributed by atoms with E-state index in [1.54, 1.807) is 59.4 Å². The molecule has 1 aliphatic rings. The van der Waals surface area contributed by atoms with Gasteiger partial charge >= 0.3 is 6.03 Å². The Labute approximate surface area is 222 Å². The number of urea groups is 1. The van der Waals surface area contributed by atoms with Crippen molar-refractivity contribution in [1.29, 1.82) is 0 Å². The van der Waals surface area contributed by atoms with E-state index in [-0.39, 0.29) is 24.6 Å². The maximum absolute atomic E-state index is 13.2. The number of nitrogens with one attached hydrogen (secondary N) is 2. The van der Waals surface area contributed by atoms with Crippen molar-refractivity contribution in [3.05, 3.63) is 90.9 Å². The molecule has 2 N–H and O–H groups in total. The van der Waals surface area contributed by atoms with Crippen molar-refractivity contribution in [3.8, 4) is 34.2 Å². The van der Waals surface area contributed by atoms with Crippen LogP contribution in [0.25, 0.3) is 16.9 Å². The molecule has 10 nitrogen and oxygen atoms in total. The van der Waals surface area contributed by atoms with Gasteiger partial charge in [-0.15, -0.1) is 0 Å². The Hall–Kier alpha value is -5.03. The SMILES string of the molecule is COCCC1(Oc2ccc(Oc3ccc(-c4ccn(-c5ccc(F)cc5)n4)cc3)cc2)C(=O)NC(=O)NC1=O. The van der Waals surface area contributed by atoms with Gasteiger partial charge in [0.05, 0.1) is 18.0 Å². The van der Waals surface area contributed by atoms with Crippen molar-refractivity contribution in [2.24, 2.45) is 0 Å². The number of benzene rings is 3. The number of imide groups is 2. The molecule has 39 heavy (non-hydrogen) atoms. The summed E-state index contributed by atoms with van der Waals surface area (Å²) in [5.74, 6) is -0.741. The Morgan fingerprint density at radius 3 is 2.03 bits per heavy atom. The summed E-state index contributed by atoms with van der Waals surface area (Å²) in [5, 5.41) is 8.68. The van der Waals surface area contributed by atoms with Gasteiger partial charge in [-0.3, -0.25) is 20.2 Å². The summed E-state index contributed by atoms with van der Waals surface area (Å²) in [5.41, 5.74) is 0.409. The van der Waals surface area contributed by atoms with E-state index in [2.05, 4.69) is 15.7 Å². The van der Waals surface area contributed by atoms with Crippen LogP contribution in [0.4, 0.5) is 9.18 Å². The minimum atomic E-state index is -1.95. The third kappa shape index (κ3) is 5.48. The van der Waals surface area contributed by atoms with E-state index >= 15 is 0 Å². The quantitative estimate of drug-likeness (QED) is 0.314. The summed E-state index contributed by atoms with van der Waals surface area (Å²) in [7, 11) is 1.43. The fourth-order valence-corrected chi connectivity index (χ4v) is 3.98. The van der Waals surface area contributed by atoms with E-state index in [4.69, 9.17) is 14.2 Å². The Balaban J connectivity index is 1.25. The lowest BCUT2D eigenvalue weighted by atomic mass is 9.95. The maximum Gasteiger partial charge on any atom is 0.328 e. The van der Waals surface area contributed by atoms with E-state index in [0.29, 0.717) is 11.5 Å². The van der Waals surface area contributed by atoms with E-state index in [9.17, 15) is 18.8 Å². The summed E-state index contributed by atoms with van der Waals surface area (Å²) < 4.78 is 31.6. The van der Waals surface area contributed by atoms with Gasteiger partial charge in [0.2, 0.25) is 0 Å². The molecule has 11 heteroatoms. The van der Waals surface area contributed by atoms with Gasteiger partial charge in [0.15, 0.2) is 0 Å². The molecule has 0 radical (unpaired) electrons. The number of barbiturate groups is 1. The van der Waals surface area contributed by atoms with Crippen LogP contribution < -0.4 is 20.1 Å². The van der Waals surface area contributed by atoms with Crippen molar-refractivity contribution >= 4 is 17.8 Å². The predicted molar refractivity (Wildman–Crippen MR) is 137 cm³/mol. The first-order valence-electron chi connectivity index (χ1n) is 11.9. The van der Waals surface area contributed by atoms with Gasteiger partial charge in [-0.25, -0.2) is 13.9 Å². The van der Waals surface area contributed by atoms with Gasteiger partial charge in [-0.1, -0.05) is 0 Å². The highest BCUT2D eigenvalue weighted by atomic mass is 19.1. The maximum atomic E-state index is 13.2. The van der Waals surface area contributed by atoms with Crippen LogP contribution in [0.15, 0.2) is 85.1 Å². The third-order valence-corrected chi connectivity index (χ3v) is 6.03. The van der Waals surface area contributed by atoms with Gasteiger partial charge in [-0.2, -0.15) is 5.10 Å². The van der Waals surface area contributed by atoms with E-state index in [1.165, 1.54) is 19.2 Å². The zero-order chi connectivity index (χ0) is 27.4. The number of aromatic nitrogens is 2. The smallest absolute Gasteiger partial charge is 0.328 e. The fraction of sp³-hybridized carbons (Fsp3) is 0.143. The first kappa shape index (κ1) is 25.6. The van der Waals surface area contributed by atoms with Crippen LogP contribution in [-0.4, -0.2) is 46.9 Å². The molecule has 1 aromatic heterocycles. The van der Waals surface area contributed by atoms with Gasteiger partial charge in [0.1, 0.15) is 23.1 Å². The van der Waals surface area contributed by atoms with Crippen molar-refractivity contribution < 1.29 is 33.0 Å². The highest BCUT2D eigenvalue weighted by Gasteiger charge is 2.52.